The van der Waals surface area contributed by atoms with Crippen molar-refractivity contribution in [1.29, 1.82) is 0 Å². The van der Waals surface area contributed by atoms with Crippen LogP contribution in [0.4, 0.5) is 13.6 Å². The number of aliphatic carboxylic acids is 1. The molecular formula is C25H26F2N2O5. The fraction of sp³-hybridized carbons (Fsp3) is 0.400. The summed E-state index contributed by atoms with van der Waals surface area (Å²) < 4.78 is 33.7. The number of benzene rings is 2. The number of halogens is 2. The zero-order valence-electron chi connectivity index (χ0n) is 18.4. The Labute approximate surface area is 195 Å². The molecule has 180 valence electrons. The molecule has 2 aromatic carbocycles. The van der Waals surface area contributed by atoms with Gasteiger partial charge in [-0.2, -0.15) is 8.78 Å². The van der Waals surface area contributed by atoms with Gasteiger partial charge < -0.3 is 20.5 Å². The summed E-state index contributed by atoms with van der Waals surface area (Å²) in [4.78, 5) is 35.4. The molecule has 0 aromatic heterocycles. The highest BCUT2D eigenvalue weighted by Gasteiger charge is 2.41. The van der Waals surface area contributed by atoms with Gasteiger partial charge in [0, 0.05) is 12.5 Å². The monoisotopic (exact) mass is 472 g/mol. The van der Waals surface area contributed by atoms with Gasteiger partial charge in [0.1, 0.15) is 6.61 Å². The molecule has 34 heavy (non-hydrogen) atoms. The SMILES string of the molecule is O=C(NCC(F)(F)C(=O)NCC(C(=O)O)C1CCC1)OCC1c2ccccc2-c2ccccc21. The summed E-state index contributed by atoms with van der Waals surface area (Å²) in [5.74, 6) is -7.90. The third-order valence-electron chi connectivity index (χ3n) is 6.65. The van der Waals surface area contributed by atoms with Crippen LogP contribution in [0.5, 0.6) is 0 Å². The second kappa shape index (κ2) is 9.79. The van der Waals surface area contributed by atoms with Gasteiger partial charge >= 0.3 is 18.0 Å². The standard InChI is InChI=1S/C25H26F2N2O5/c26-25(27,23(32)28-12-20(22(30)31)15-6-5-7-15)14-29-24(33)34-13-21-18-10-3-1-8-16(18)17-9-2-4-11-19(17)21/h1-4,8-11,15,20-21H,5-7,12-14H2,(H,28,32)(H,29,33)(H,30,31). The van der Waals surface area contributed by atoms with Crippen LogP contribution < -0.4 is 10.6 Å². The number of alkyl halides is 2. The largest absolute Gasteiger partial charge is 0.481 e. The summed E-state index contributed by atoms with van der Waals surface area (Å²) in [6, 6.07) is 15.4. The van der Waals surface area contributed by atoms with E-state index in [9.17, 15) is 28.3 Å². The number of ether oxygens (including phenoxy) is 1. The number of hydrogen-bond acceptors (Lipinski definition) is 4. The van der Waals surface area contributed by atoms with E-state index in [4.69, 9.17) is 4.74 Å². The quantitative estimate of drug-likeness (QED) is 0.515. The Morgan fingerprint density at radius 3 is 2.12 bits per heavy atom. The molecule has 0 heterocycles. The maximum Gasteiger partial charge on any atom is 0.407 e. The minimum Gasteiger partial charge on any atom is -0.481 e. The topological polar surface area (TPSA) is 105 Å². The van der Waals surface area contributed by atoms with Crippen LogP contribution >= 0.6 is 0 Å². The van der Waals surface area contributed by atoms with Crippen LogP contribution in [0.1, 0.15) is 36.3 Å². The van der Waals surface area contributed by atoms with Crippen molar-refractivity contribution in [1.82, 2.24) is 10.6 Å². The lowest BCUT2D eigenvalue weighted by Crippen LogP contribution is -2.50. The molecule has 7 nitrogen and oxygen atoms in total. The Hall–Kier alpha value is -3.49. The molecule has 2 amide bonds. The lowest BCUT2D eigenvalue weighted by Gasteiger charge is -2.31. The number of amides is 2. The molecule has 0 radical (unpaired) electrons. The van der Waals surface area contributed by atoms with Gasteiger partial charge in [-0.15, -0.1) is 0 Å². The highest BCUT2D eigenvalue weighted by molar-refractivity contribution is 5.85. The summed E-state index contributed by atoms with van der Waals surface area (Å²) in [6.07, 6.45) is 1.23. The smallest absolute Gasteiger partial charge is 0.407 e. The van der Waals surface area contributed by atoms with Gasteiger partial charge in [0.2, 0.25) is 0 Å². The van der Waals surface area contributed by atoms with E-state index < -0.39 is 36.4 Å². The predicted molar refractivity (Wildman–Crippen MR) is 119 cm³/mol. The summed E-state index contributed by atoms with van der Waals surface area (Å²) >= 11 is 0. The Kier molecular flexibility index (Phi) is 6.81. The van der Waals surface area contributed by atoms with Gasteiger partial charge in [-0.1, -0.05) is 55.0 Å². The fourth-order valence-electron chi connectivity index (χ4n) is 4.54. The zero-order chi connectivity index (χ0) is 24.3. The number of hydrogen-bond donors (Lipinski definition) is 3. The molecule has 0 spiro atoms. The normalized spacial score (nSPS) is 16.1. The third-order valence-corrected chi connectivity index (χ3v) is 6.65. The summed E-state index contributed by atoms with van der Waals surface area (Å²) in [5, 5.41) is 13.2. The highest BCUT2D eigenvalue weighted by Crippen LogP contribution is 2.44. The van der Waals surface area contributed by atoms with E-state index in [0.717, 1.165) is 28.7 Å². The van der Waals surface area contributed by atoms with Gasteiger partial charge in [-0.3, -0.25) is 9.59 Å². The van der Waals surface area contributed by atoms with E-state index in [0.29, 0.717) is 12.8 Å². The molecule has 0 bridgehead atoms. The molecule has 3 N–H and O–H groups in total. The minimum absolute atomic E-state index is 0.0424. The maximum absolute atomic E-state index is 14.2. The molecule has 0 aliphatic heterocycles. The van der Waals surface area contributed by atoms with Crippen LogP contribution in [0.3, 0.4) is 0 Å². The summed E-state index contributed by atoms with van der Waals surface area (Å²) in [6.45, 7) is -1.67. The van der Waals surface area contributed by atoms with E-state index in [1.54, 1.807) is 0 Å². The third kappa shape index (κ3) is 4.88. The van der Waals surface area contributed by atoms with Crippen molar-refractivity contribution in [3.05, 3.63) is 59.7 Å². The first-order valence-corrected chi connectivity index (χ1v) is 11.3. The van der Waals surface area contributed by atoms with Crippen molar-refractivity contribution < 1.29 is 33.0 Å². The molecular weight excluding hydrogens is 446 g/mol. The number of carbonyl (C=O) groups excluding carboxylic acids is 2. The molecule has 9 heteroatoms. The lowest BCUT2D eigenvalue weighted by atomic mass is 9.76. The van der Waals surface area contributed by atoms with E-state index in [1.807, 2.05) is 59.2 Å². The molecule has 1 saturated carbocycles. The second-order valence-electron chi connectivity index (χ2n) is 8.73. The Bertz CT molecular complexity index is 1040. The number of carboxylic acid groups (broad SMARTS) is 1. The maximum atomic E-state index is 14.2. The highest BCUT2D eigenvalue weighted by atomic mass is 19.3. The van der Waals surface area contributed by atoms with Gasteiger partial charge in [-0.25, -0.2) is 4.79 Å². The molecule has 2 aromatic rings. The molecule has 1 unspecified atom stereocenters. The average molecular weight is 472 g/mol. The Morgan fingerprint density at radius 1 is 1.00 bits per heavy atom. The van der Waals surface area contributed by atoms with Crippen LogP contribution in [0, 0.1) is 11.8 Å². The van der Waals surface area contributed by atoms with E-state index >= 15 is 0 Å². The van der Waals surface area contributed by atoms with Gasteiger partial charge in [0.05, 0.1) is 12.5 Å². The number of carbonyl (C=O) groups is 3. The molecule has 2 aliphatic rings. The van der Waals surface area contributed by atoms with E-state index in [-0.39, 0.29) is 25.0 Å². The van der Waals surface area contributed by atoms with Crippen molar-refractivity contribution in [2.24, 2.45) is 11.8 Å². The molecule has 1 fully saturated rings. The molecule has 0 saturated heterocycles. The first-order valence-electron chi connectivity index (χ1n) is 11.3. The molecule has 4 rings (SSSR count). The van der Waals surface area contributed by atoms with Crippen molar-refractivity contribution >= 4 is 18.0 Å². The zero-order valence-corrected chi connectivity index (χ0v) is 18.4. The number of alkyl carbamates (subject to hydrolysis) is 1. The average Bonchev–Trinajstić information content (AvgIpc) is 3.11. The van der Waals surface area contributed by atoms with Crippen LogP contribution in [-0.4, -0.2) is 48.7 Å². The first kappa shape index (κ1) is 23.7. The van der Waals surface area contributed by atoms with Crippen molar-refractivity contribution in [2.75, 3.05) is 19.7 Å². The number of nitrogens with one attached hydrogen (secondary N) is 2. The van der Waals surface area contributed by atoms with Crippen molar-refractivity contribution in [3.63, 3.8) is 0 Å². The van der Waals surface area contributed by atoms with Crippen LogP contribution in [-0.2, 0) is 14.3 Å². The summed E-state index contributed by atoms with van der Waals surface area (Å²) in [5.41, 5.74) is 4.05. The van der Waals surface area contributed by atoms with Gasteiger partial charge in [0.25, 0.3) is 5.91 Å². The first-order chi connectivity index (χ1) is 16.3. The number of fused-ring (bicyclic) bond motifs is 3. The Balaban J connectivity index is 1.28. The second-order valence-corrected chi connectivity index (χ2v) is 8.73. The van der Waals surface area contributed by atoms with Crippen LogP contribution in [0.2, 0.25) is 0 Å². The van der Waals surface area contributed by atoms with Crippen molar-refractivity contribution in [2.45, 2.75) is 31.1 Å². The van der Waals surface area contributed by atoms with Gasteiger partial charge in [-0.05, 0) is 41.0 Å². The van der Waals surface area contributed by atoms with E-state index in [1.165, 1.54) is 0 Å². The van der Waals surface area contributed by atoms with E-state index in [2.05, 4.69) is 0 Å². The molecule has 2 aliphatic carbocycles. The Morgan fingerprint density at radius 2 is 1.59 bits per heavy atom. The number of carboxylic acids is 1. The van der Waals surface area contributed by atoms with Gasteiger partial charge in [0.15, 0.2) is 0 Å². The fourth-order valence-corrected chi connectivity index (χ4v) is 4.54. The summed E-state index contributed by atoms with van der Waals surface area (Å²) in [7, 11) is 0. The van der Waals surface area contributed by atoms with Crippen LogP contribution in [0.15, 0.2) is 48.5 Å². The molecule has 1 atom stereocenters. The number of rotatable bonds is 9. The minimum atomic E-state index is -3.91. The van der Waals surface area contributed by atoms with Crippen molar-refractivity contribution in [3.8, 4) is 11.1 Å². The lowest BCUT2D eigenvalue weighted by molar-refractivity contribution is -0.148. The predicted octanol–water partition coefficient (Wildman–Crippen LogP) is 3.78. The van der Waals surface area contributed by atoms with Crippen LogP contribution in [0.25, 0.3) is 11.1 Å².